The summed E-state index contributed by atoms with van der Waals surface area (Å²) in [6.45, 7) is 1.80. The van der Waals surface area contributed by atoms with Gasteiger partial charge in [-0.25, -0.2) is 0 Å². The normalized spacial score (nSPS) is 42.5. The van der Waals surface area contributed by atoms with Gasteiger partial charge in [-0.15, -0.1) is 10.2 Å². The van der Waals surface area contributed by atoms with Crippen LogP contribution in [0.1, 0.15) is 33.1 Å². The number of alkyl halides is 2. The van der Waals surface area contributed by atoms with Crippen LogP contribution in [-0.2, 0) is 4.74 Å². The molecule has 5 atom stereocenters. The molecule has 23 heavy (non-hydrogen) atoms. The zero-order valence-corrected chi connectivity index (χ0v) is 12.8. The van der Waals surface area contributed by atoms with Crippen molar-refractivity contribution in [3.05, 3.63) is 0 Å². The molecule has 5 heterocycles. The fourth-order valence-electron chi connectivity index (χ4n) is 4.66. The molecule has 6 nitrogen and oxygen atoms in total. The van der Waals surface area contributed by atoms with Crippen molar-refractivity contribution in [2.45, 2.75) is 62.8 Å². The Morgan fingerprint density at radius 3 is 2.61 bits per heavy atom. The Balaban J connectivity index is 1.68. The number of halogens is 3. The second-order valence-corrected chi connectivity index (χ2v) is 6.89. The third-order valence-electron chi connectivity index (χ3n) is 5.42. The van der Waals surface area contributed by atoms with E-state index < -0.39 is 17.7 Å². The highest BCUT2D eigenvalue weighted by molar-refractivity contribution is 5.99. The highest BCUT2D eigenvalue weighted by atomic mass is 19.3. The van der Waals surface area contributed by atoms with Crippen molar-refractivity contribution in [2.24, 2.45) is 26.8 Å². The molecule has 7 rings (SSSR count). The molecule has 5 bridgehead atoms. The molecule has 2 N–H and O–H groups in total. The highest BCUT2D eigenvalue weighted by Gasteiger charge is 2.78. The van der Waals surface area contributed by atoms with E-state index in [1.165, 1.54) is 0 Å². The minimum Gasteiger partial charge on any atom is -0.382 e. The molecule has 2 saturated carbocycles. The van der Waals surface area contributed by atoms with E-state index in [0.29, 0.717) is 12.8 Å². The standard InChI is InChI=1S/C14H18F3N5O/c1-6(15)20-21-12(19-11(18)13(2,16)17)22-8-3-7-4-14(22)5-9(23-7)10(8)14/h7-10H,3-5H2,1-2H3,(H2,18,19,21)/b20-6+/t7?,8?,9?,10-,14?/m1/s1. The van der Waals surface area contributed by atoms with E-state index in [1.54, 1.807) is 0 Å². The van der Waals surface area contributed by atoms with Gasteiger partial charge in [-0.05, 0) is 19.3 Å². The molecule has 9 heteroatoms. The van der Waals surface area contributed by atoms with Crippen molar-refractivity contribution in [2.75, 3.05) is 0 Å². The molecule has 5 aliphatic heterocycles. The van der Waals surface area contributed by atoms with Crippen LogP contribution < -0.4 is 5.73 Å². The maximum absolute atomic E-state index is 13.3. The van der Waals surface area contributed by atoms with Crippen LogP contribution in [0.3, 0.4) is 0 Å². The Labute approximate surface area is 131 Å². The second-order valence-electron chi connectivity index (χ2n) is 6.89. The maximum atomic E-state index is 13.3. The Morgan fingerprint density at radius 2 is 2.09 bits per heavy atom. The molecular formula is C14H18F3N5O. The lowest BCUT2D eigenvalue weighted by Crippen LogP contribution is -2.91. The molecule has 7 fully saturated rings. The molecule has 0 aromatic rings. The van der Waals surface area contributed by atoms with E-state index in [2.05, 4.69) is 15.2 Å². The van der Waals surface area contributed by atoms with E-state index in [1.807, 2.05) is 4.90 Å². The third kappa shape index (κ3) is 1.95. The van der Waals surface area contributed by atoms with E-state index in [0.717, 1.165) is 26.2 Å². The summed E-state index contributed by atoms with van der Waals surface area (Å²) in [5.41, 5.74) is 5.23. The first-order valence-corrected chi connectivity index (χ1v) is 7.67. The summed E-state index contributed by atoms with van der Waals surface area (Å²) in [5, 5.41) is 7.11. The number of hydrogen-bond acceptors (Lipinski definition) is 3. The van der Waals surface area contributed by atoms with Crippen LogP contribution in [-0.4, -0.2) is 52.4 Å². The van der Waals surface area contributed by atoms with E-state index in [9.17, 15) is 13.2 Å². The van der Waals surface area contributed by atoms with Crippen LogP contribution in [0.2, 0.25) is 0 Å². The molecule has 0 aromatic carbocycles. The molecule has 4 unspecified atom stereocenters. The van der Waals surface area contributed by atoms with Gasteiger partial charge in [-0.1, -0.05) is 0 Å². The average Bonchev–Trinajstić information content (AvgIpc) is 2.42. The average molecular weight is 329 g/mol. The van der Waals surface area contributed by atoms with Crippen LogP contribution >= 0.6 is 0 Å². The van der Waals surface area contributed by atoms with Crippen LogP contribution in [0, 0.1) is 5.92 Å². The largest absolute Gasteiger partial charge is 0.382 e. The molecule has 7 aliphatic rings. The SMILES string of the molecule is C/C(F)=N\N=C(N=C(N)C(C)(F)F)N1C2CC3CC14CC(O3)[C@@H]24. The molecule has 0 radical (unpaired) electrons. The molecule has 5 saturated heterocycles. The lowest BCUT2D eigenvalue weighted by Gasteiger charge is -2.80. The fraction of sp³-hybridized carbons (Fsp3) is 0.786. The monoisotopic (exact) mass is 329 g/mol. The van der Waals surface area contributed by atoms with Gasteiger partial charge in [-0.3, -0.25) is 0 Å². The number of ether oxygens (including phenoxy) is 1. The fourth-order valence-corrected chi connectivity index (χ4v) is 4.66. The van der Waals surface area contributed by atoms with Gasteiger partial charge in [-0.2, -0.15) is 18.2 Å². The van der Waals surface area contributed by atoms with Crippen molar-refractivity contribution in [1.82, 2.24) is 4.90 Å². The van der Waals surface area contributed by atoms with E-state index >= 15 is 0 Å². The summed E-state index contributed by atoms with van der Waals surface area (Å²) < 4.78 is 45.5. The predicted octanol–water partition coefficient (Wildman–Crippen LogP) is 1.66. The van der Waals surface area contributed by atoms with Gasteiger partial charge in [0.1, 0.15) is 0 Å². The summed E-state index contributed by atoms with van der Waals surface area (Å²) in [4.78, 5) is 5.68. The van der Waals surface area contributed by atoms with Crippen molar-refractivity contribution in [1.29, 1.82) is 0 Å². The van der Waals surface area contributed by atoms with Gasteiger partial charge in [0.2, 0.25) is 11.9 Å². The minimum atomic E-state index is -3.27. The van der Waals surface area contributed by atoms with Crippen LogP contribution in [0.25, 0.3) is 0 Å². The highest BCUT2D eigenvalue weighted by Crippen LogP contribution is 2.68. The smallest absolute Gasteiger partial charge is 0.301 e. The first kappa shape index (κ1) is 14.9. The summed E-state index contributed by atoms with van der Waals surface area (Å²) in [7, 11) is 0. The van der Waals surface area contributed by atoms with Gasteiger partial charge in [0.15, 0.2) is 5.84 Å². The number of amidine groups is 1. The number of rotatable bonds is 2. The Bertz CT molecular complexity index is 637. The van der Waals surface area contributed by atoms with Gasteiger partial charge < -0.3 is 15.4 Å². The van der Waals surface area contributed by atoms with Crippen molar-refractivity contribution < 1.29 is 17.9 Å². The quantitative estimate of drug-likeness (QED) is 0.476. The number of aliphatic imine (C=N–C) groups is 1. The Morgan fingerprint density at radius 1 is 1.35 bits per heavy atom. The molecule has 0 aromatic heterocycles. The van der Waals surface area contributed by atoms with Gasteiger partial charge in [0.25, 0.3) is 0 Å². The number of hydrogen-bond donors (Lipinski definition) is 1. The lowest BCUT2D eigenvalue weighted by molar-refractivity contribution is -0.356. The van der Waals surface area contributed by atoms with Gasteiger partial charge in [0.05, 0.1) is 17.7 Å². The zero-order chi connectivity index (χ0) is 16.6. The summed E-state index contributed by atoms with van der Waals surface area (Å²) in [6, 6.07) is 0.136. The van der Waals surface area contributed by atoms with Gasteiger partial charge in [0, 0.05) is 25.8 Å². The topological polar surface area (TPSA) is 75.6 Å². The summed E-state index contributed by atoms with van der Waals surface area (Å²) in [6.07, 6.45) is 2.89. The van der Waals surface area contributed by atoms with E-state index in [4.69, 9.17) is 10.5 Å². The third-order valence-corrected chi connectivity index (χ3v) is 5.42. The predicted molar refractivity (Wildman–Crippen MR) is 78.3 cm³/mol. The number of nitrogens with two attached hydrogens (primary N) is 1. The first-order valence-electron chi connectivity index (χ1n) is 7.67. The number of guanidine groups is 1. The van der Waals surface area contributed by atoms with Crippen LogP contribution in [0.15, 0.2) is 15.2 Å². The molecule has 1 spiro atoms. The van der Waals surface area contributed by atoms with E-state index in [-0.39, 0.29) is 29.7 Å². The van der Waals surface area contributed by atoms with Crippen LogP contribution in [0.4, 0.5) is 13.2 Å². The Kier molecular flexibility index (Phi) is 2.89. The summed E-state index contributed by atoms with van der Waals surface area (Å²) >= 11 is 0. The minimum absolute atomic E-state index is 0.0268. The van der Waals surface area contributed by atoms with Crippen molar-refractivity contribution in [3.8, 4) is 0 Å². The number of nitrogens with zero attached hydrogens (tertiary/aromatic N) is 4. The first-order chi connectivity index (χ1) is 10.7. The van der Waals surface area contributed by atoms with Gasteiger partial charge >= 0.3 is 5.92 Å². The Hall–Kier alpha value is -1.64. The molecule has 0 amide bonds. The zero-order valence-electron chi connectivity index (χ0n) is 12.8. The van der Waals surface area contributed by atoms with Crippen molar-refractivity contribution in [3.63, 3.8) is 0 Å². The lowest BCUT2D eigenvalue weighted by atomic mass is 9.44. The van der Waals surface area contributed by atoms with Crippen molar-refractivity contribution >= 4 is 17.8 Å². The second kappa shape index (κ2) is 4.46. The molecular weight excluding hydrogens is 311 g/mol. The molecule has 126 valence electrons. The maximum Gasteiger partial charge on any atom is 0.301 e. The number of piperidine rings is 2. The van der Waals surface area contributed by atoms with Crippen LogP contribution in [0.5, 0.6) is 0 Å². The summed E-state index contributed by atoms with van der Waals surface area (Å²) in [5.74, 6) is -4.52. The molecule has 2 aliphatic carbocycles.